The standard InChI is InChI=1S/C20H23N3O2/c1-23(2)16-10-5-9-15(13-16)19(24)21-22-20(25)18-12-6-8-14-7-3-4-11-17(14)18/h3-5,7,9-11,13,18H,6,8,12H2,1-2H3,(H,21,24)(H,22,25). The number of hydrogen-bond donors (Lipinski definition) is 2. The highest BCUT2D eigenvalue weighted by atomic mass is 16.2. The maximum absolute atomic E-state index is 12.5. The lowest BCUT2D eigenvalue weighted by atomic mass is 9.82. The Morgan fingerprint density at radius 1 is 1.04 bits per heavy atom. The first-order valence-corrected chi connectivity index (χ1v) is 8.51. The van der Waals surface area contributed by atoms with Gasteiger partial charge in [-0.1, -0.05) is 30.3 Å². The van der Waals surface area contributed by atoms with Crippen molar-refractivity contribution in [1.82, 2.24) is 10.9 Å². The summed E-state index contributed by atoms with van der Waals surface area (Å²) in [4.78, 5) is 26.8. The van der Waals surface area contributed by atoms with Crippen LogP contribution in [0.5, 0.6) is 0 Å². The zero-order valence-corrected chi connectivity index (χ0v) is 14.6. The molecule has 25 heavy (non-hydrogen) atoms. The van der Waals surface area contributed by atoms with Crippen LogP contribution in [0.15, 0.2) is 48.5 Å². The summed E-state index contributed by atoms with van der Waals surface area (Å²) >= 11 is 0. The minimum Gasteiger partial charge on any atom is -0.378 e. The smallest absolute Gasteiger partial charge is 0.269 e. The first-order chi connectivity index (χ1) is 12.1. The molecular weight excluding hydrogens is 314 g/mol. The van der Waals surface area contributed by atoms with E-state index in [0.717, 1.165) is 30.5 Å². The number of benzene rings is 2. The van der Waals surface area contributed by atoms with Gasteiger partial charge >= 0.3 is 0 Å². The minimum absolute atomic E-state index is 0.163. The summed E-state index contributed by atoms with van der Waals surface area (Å²) in [5.74, 6) is -0.691. The van der Waals surface area contributed by atoms with Gasteiger partial charge in [-0.05, 0) is 48.6 Å². The molecule has 2 N–H and O–H groups in total. The highest BCUT2D eigenvalue weighted by Gasteiger charge is 2.26. The highest BCUT2D eigenvalue weighted by Crippen LogP contribution is 2.31. The first kappa shape index (κ1) is 17.0. The fourth-order valence-electron chi connectivity index (χ4n) is 3.23. The topological polar surface area (TPSA) is 61.4 Å². The van der Waals surface area contributed by atoms with Crippen LogP contribution in [0.3, 0.4) is 0 Å². The summed E-state index contributed by atoms with van der Waals surface area (Å²) in [6.07, 6.45) is 2.78. The Morgan fingerprint density at radius 2 is 1.84 bits per heavy atom. The van der Waals surface area contributed by atoms with Crippen molar-refractivity contribution in [2.45, 2.75) is 25.2 Å². The molecule has 0 aliphatic heterocycles. The lowest BCUT2D eigenvalue weighted by molar-refractivity contribution is -0.123. The molecule has 0 radical (unpaired) electrons. The Bertz CT molecular complexity index is 786. The molecule has 2 aromatic carbocycles. The Hall–Kier alpha value is -2.82. The molecule has 130 valence electrons. The monoisotopic (exact) mass is 337 g/mol. The number of nitrogens with zero attached hydrogens (tertiary/aromatic N) is 1. The quantitative estimate of drug-likeness (QED) is 0.847. The first-order valence-electron chi connectivity index (χ1n) is 8.51. The summed E-state index contributed by atoms with van der Waals surface area (Å²) < 4.78 is 0. The second-order valence-corrected chi connectivity index (χ2v) is 6.53. The maximum Gasteiger partial charge on any atom is 0.269 e. The second kappa shape index (κ2) is 7.38. The Kier molecular flexibility index (Phi) is 5.03. The third kappa shape index (κ3) is 3.82. The summed E-state index contributed by atoms with van der Waals surface area (Å²) in [5, 5.41) is 0. The molecule has 0 saturated heterocycles. The second-order valence-electron chi connectivity index (χ2n) is 6.53. The van der Waals surface area contributed by atoms with Crippen molar-refractivity contribution in [3.8, 4) is 0 Å². The Balaban J connectivity index is 1.65. The molecule has 0 bridgehead atoms. The molecule has 1 unspecified atom stereocenters. The van der Waals surface area contributed by atoms with Crippen molar-refractivity contribution < 1.29 is 9.59 Å². The van der Waals surface area contributed by atoms with Gasteiger partial charge in [-0.2, -0.15) is 0 Å². The number of fused-ring (bicyclic) bond motifs is 1. The van der Waals surface area contributed by atoms with Gasteiger partial charge in [-0.15, -0.1) is 0 Å². The van der Waals surface area contributed by atoms with E-state index in [1.54, 1.807) is 12.1 Å². The van der Waals surface area contributed by atoms with Crippen LogP contribution < -0.4 is 15.8 Å². The average Bonchev–Trinajstić information content (AvgIpc) is 2.65. The summed E-state index contributed by atoms with van der Waals surface area (Å²) in [6, 6.07) is 15.3. The van der Waals surface area contributed by atoms with Crippen molar-refractivity contribution in [2.24, 2.45) is 0 Å². The molecule has 5 nitrogen and oxygen atoms in total. The molecule has 0 aromatic heterocycles. The van der Waals surface area contributed by atoms with E-state index in [2.05, 4.69) is 16.9 Å². The van der Waals surface area contributed by atoms with Gasteiger partial charge in [0.15, 0.2) is 0 Å². The van der Waals surface area contributed by atoms with Crippen LogP contribution in [0.4, 0.5) is 5.69 Å². The number of hydrazine groups is 1. The zero-order valence-electron chi connectivity index (χ0n) is 14.6. The summed E-state index contributed by atoms with van der Waals surface area (Å²) in [5.41, 5.74) is 8.85. The molecule has 1 aliphatic rings. The van der Waals surface area contributed by atoms with Gasteiger partial charge in [0.1, 0.15) is 0 Å². The van der Waals surface area contributed by atoms with Crippen LogP contribution in [0.25, 0.3) is 0 Å². The van der Waals surface area contributed by atoms with Gasteiger partial charge in [0, 0.05) is 25.3 Å². The largest absolute Gasteiger partial charge is 0.378 e. The molecule has 1 atom stereocenters. The number of carbonyl (C=O) groups excluding carboxylic acids is 2. The molecule has 5 heteroatoms. The molecule has 2 aromatic rings. The van der Waals surface area contributed by atoms with Crippen LogP contribution in [-0.4, -0.2) is 25.9 Å². The molecule has 0 fully saturated rings. The normalized spacial score (nSPS) is 15.8. The van der Waals surface area contributed by atoms with Crippen molar-refractivity contribution in [3.63, 3.8) is 0 Å². The predicted molar refractivity (Wildman–Crippen MR) is 98.5 cm³/mol. The Labute approximate surface area is 148 Å². The van der Waals surface area contributed by atoms with Crippen LogP contribution in [-0.2, 0) is 11.2 Å². The van der Waals surface area contributed by atoms with Crippen molar-refractivity contribution >= 4 is 17.5 Å². The molecule has 0 heterocycles. The lowest BCUT2D eigenvalue weighted by Gasteiger charge is -2.24. The van der Waals surface area contributed by atoms with E-state index in [1.165, 1.54) is 5.56 Å². The van der Waals surface area contributed by atoms with Crippen LogP contribution in [0, 0.1) is 0 Å². The van der Waals surface area contributed by atoms with E-state index in [-0.39, 0.29) is 17.7 Å². The van der Waals surface area contributed by atoms with E-state index in [9.17, 15) is 9.59 Å². The third-order valence-electron chi connectivity index (χ3n) is 4.61. The van der Waals surface area contributed by atoms with Crippen LogP contribution in [0.2, 0.25) is 0 Å². The van der Waals surface area contributed by atoms with Crippen molar-refractivity contribution in [1.29, 1.82) is 0 Å². The van der Waals surface area contributed by atoms with Gasteiger partial charge < -0.3 is 4.90 Å². The number of anilines is 1. The molecule has 0 spiro atoms. The summed E-state index contributed by atoms with van der Waals surface area (Å²) in [7, 11) is 3.83. The van der Waals surface area contributed by atoms with Gasteiger partial charge in [0.05, 0.1) is 5.92 Å². The van der Waals surface area contributed by atoms with Crippen molar-refractivity contribution in [2.75, 3.05) is 19.0 Å². The third-order valence-corrected chi connectivity index (χ3v) is 4.61. The number of carbonyl (C=O) groups is 2. The minimum atomic E-state index is -0.318. The molecule has 2 amide bonds. The van der Waals surface area contributed by atoms with E-state index >= 15 is 0 Å². The number of aryl methyl sites for hydroxylation is 1. The predicted octanol–water partition coefficient (Wildman–Crippen LogP) is 2.63. The number of hydrogen-bond acceptors (Lipinski definition) is 3. The van der Waals surface area contributed by atoms with Gasteiger partial charge in [0.2, 0.25) is 5.91 Å². The van der Waals surface area contributed by atoms with Crippen molar-refractivity contribution in [3.05, 3.63) is 65.2 Å². The maximum atomic E-state index is 12.5. The molecule has 0 saturated carbocycles. The van der Waals surface area contributed by atoms with Gasteiger partial charge in [0.25, 0.3) is 5.91 Å². The summed E-state index contributed by atoms with van der Waals surface area (Å²) in [6.45, 7) is 0. The number of rotatable bonds is 3. The number of nitrogens with one attached hydrogen (secondary N) is 2. The van der Waals surface area contributed by atoms with Gasteiger partial charge in [-0.25, -0.2) is 0 Å². The zero-order chi connectivity index (χ0) is 17.8. The molecule has 1 aliphatic carbocycles. The molecule has 3 rings (SSSR count). The van der Waals surface area contributed by atoms with E-state index in [4.69, 9.17) is 0 Å². The fraction of sp³-hybridized carbons (Fsp3) is 0.300. The van der Waals surface area contributed by atoms with E-state index < -0.39 is 0 Å². The van der Waals surface area contributed by atoms with Gasteiger partial charge in [-0.3, -0.25) is 20.4 Å². The van der Waals surface area contributed by atoms with Crippen LogP contribution in [0.1, 0.15) is 40.2 Å². The van der Waals surface area contributed by atoms with E-state index in [1.807, 2.05) is 49.3 Å². The SMILES string of the molecule is CN(C)c1cccc(C(=O)NNC(=O)C2CCCc3ccccc32)c1. The Morgan fingerprint density at radius 3 is 2.64 bits per heavy atom. The van der Waals surface area contributed by atoms with E-state index in [0.29, 0.717) is 5.56 Å². The lowest BCUT2D eigenvalue weighted by Crippen LogP contribution is -2.44. The average molecular weight is 337 g/mol. The number of amides is 2. The fourth-order valence-corrected chi connectivity index (χ4v) is 3.23. The molecular formula is C20H23N3O2. The van der Waals surface area contributed by atoms with Crippen LogP contribution >= 0.6 is 0 Å². The highest BCUT2D eigenvalue weighted by molar-refractivity contribution is 5.96.